The largest absolute Gasteiger partial charge is 0.508 e. The highest BCUT2D eigenvalue weighted by molar-refractivity contribution is 5.79. The average Bonchev–Trinajstić information content (AvgIpc) is 2.69. The van der Waals surface area contributed by atoms with Crippen molar-refractivity contribution in [2.45, 2.75) is 58.0 Å². The minimum Gasteiger partial charge on any atom is -0.508 e. The lowest BCUT2D eigenvalue weighted by molar-refractivity contribution is -0.127. The number of phenols is 1. The summed E-state index contributed by atoms with van der Waals surface area (Å²) < 4.78 is 0. The number of aromatic hydroxyl groups is 1. The average molecular weight is 374 g/mol. The quantitative estimate of drug-likeness (QED) is 0.805. The maximum absolute atomic E-state index is 12.6. The third-order valence-electron chi connectivity index (χ3n) is 6.22. The number of rotatable bonds is 6. The monoisotopic (exact) mass is 373 g/mol. The number of carbonyl (C=O) groups excluding carboxylic acids is 1. The van der Waals surface area contributed by atoms with Gasteiger partial charge in [-0.15, -0.1) is 0 Å². The van der Waals surface area contributed by atoms with E-state index < -0.39 is 0 Å². The summed E-state index contributed by atoms with van der Waals surface area (Å²) in [5, 5.41) is 12.5. The molecule has 0 aliphatic carbocycles. The summed E-state index contributed by atoms with van der Waals surface area (Å²) in [4.78, 5) is 17.8. The molecule has 2 N–H and O–H groups in total. The van der Waals surface area contributed by atoms with Crippen molar-refractivity contribution >= 4 is 5.91 Å². The SMILES string of the molecule is CC(C)N1CCC(N2CCCC(C(=O)NCCc3ccc(O)cc3)C2)CC1. The molecule has 1 aromatic rings. The van der Waals surface area contributed by atoms with Crippen LogP contribution >= 0.6 is 0 Å². The maximum Gasteiger partial charge on any atom is 0.224 e. The molecule has 0 aromatic heterocycles. The zero-order chi connectivity index (χ0) is 19.2. The van der Waals surface area contributed by atoms with Crippen molar-refractivity contribution in [2.75, 3.05) is 32.7 Å². The number of nitrogens with one attached hydrogen (secondary N) is 1. The molecular weight excluding hydrogens is 338 g/mol. The summed E-state index contributed by atoms with van der Waals surface area (Å²) in [5.74, 6) is 0.615. The van der Waals surface area contributed by atoms with Gasteiger partial charge in [-0.25, -0.2) is 0 Å². The van der Waals surface area contributed by atoms with Crippen molar-refractivity contribution in [3.05, 3.63) is 29.8 Å². The zero-order valence-corrected chi connectivity index (χ0v) is 16.9. The molecule has 150 valence electrons. The number of benzene rings is 1. The summed E-state index contributed by atoms with van der Waals surface area (Å²) in [6.45, 7) is 9.64. The first-order valence-corrected chi connectivity index (χ1v) is 10.6. The third-order valence-corrected chi connectivity index (χ3v) is 6.22. The van der Waals surface area contributed by atoms with E-state index in [0.717, 1.165) is 37.9 Å². The van der Waals surface area contributed by atoms with Gasteiger partial charge < -0.3 is 15.3 Å². The van der Waals surface area contributed by atoms with Crippen LogP contribution in [-0.4, -0.2) is 65.6 Å². The molecule has 2 aliphatic rings. The molecule has 5 nitrogen and oxygen atoms in total. The molecule has 2 heterocycles. The van der Waals surface area contributed by atoms with Crippen LogP contribution in [0.5, 0.6) is 5.75 Å². The van der Waals surface area contributed by atoms with Gasteiger partial charge in [0, 0.05) is 25.2 Å². The highest BCUT2D eigenvalue weighted by Gasteiger charge is 2.31. The summed E-state index contributed by atoms with van der Waals surface area (Å²) in [6.07, 6.45) is 5.39. The normalized spacial score (nSPS) is 22.9. The number of likely N-dealkylation sites (tertiary alicyclic amines) is 2. The van der Waals surface area contributed by atoms with Crippen molar-refractivity contribution in [3.8, 4) is 5.75 Å². The van der Waals surface area contributed by atoms with Gasteiger partial charge in [-0.3, -0.25) is 9.69 Å². The Morgan fingerprint density at radius 1 is 1.15 bits per heavy atom. The Balaban J connectivity index is 1.42. The second kappa shape index (κ2) is 9.56. The van der Waals surface area contributed by atoms with Crippen LogP contribution in [0.25, 0.3) is 0 Å². The minimum absolute atomic E-state index is 0.127. The molecule has 1 aromatic carbocycles. The Bertz CT molecular complexity index is 594. The van der Waals surface area contributed by atoms with E-state index in [0.29, 0.717) is 18.6 Å². The van der Waals surface area contributed by atoms with Crippen LogP contribution in [0.1, 0.15) is 45.1 Å². The van der Waals surface area contributed by atoms with Gasteiger partial charge in [-0.1, -0.05) is 12.1 Å². The highest BCUT2D eigenvalue weighted by atomic mass is 16.3. The standard InChI is InChI=1S/C22H35N3O2/c1-17(2)24-14-10-20(11-15-24)25-13-3-4-19(16-25)22(27)23-12-9-18-5-7-21(26)8-6-18/h5-8,17,19-20,26H,3-4,9-16H2,1-2H3,(H,23,27). The van der Waals surface area contributed by atoms with Crippen molar-refractivity contribution in [2.24, 2.45) is 5.92 Å². The predicted octanol–water partition coefficient (Wildman–Crippen LogP) is 2.64. The molecule has 1 amide bonds. The van der Waals surface area contributed by atoms with Crippen LogP contribution < -0.4 is 5.32 Å². The number of amides is 1. The van der Waals surface area contributed by atoms with Crippen LogP contribution in [0.4, 0.5) is 0 Å². The van der Waals surface area contributed by atoms with Crippen LogP contribution in [-0.2, 0) is 11.2 Å². The second-order valence-electron chi connectivity index (χ2n) is 8.40. The topological polar surface area (TPSA) is 55.8 Å². The van der Waals surface area contributed by atoms with E-state index in [1.54, 1.807) is 12.1 Å². The van der Waals surface area contributed by atoms with Crippen molar-refractivity contribution in [1.82, 2.24) is 15.1 Å². The van der Waals surface area contributed by atoms with E-state index in [4.69, 9.17) is 0 Å². The Labute approximate surface area is 163 Å². The number of nitrogens with zero attached hydrogens (tertiary/aromatic N) is 2. The summed E-state index contributed by atoms with van der Waals surface area (Å²) >= 11 is 0. The number of piperidine rings is 2. The molecule has 2 aliphatic heterocycles. The lowest BCUT2D eigenvalue weighted by atomic mass is 9.93. The van der Waals surface area contributed by atoms with Gasteiger partial charge in [0.15, 0.2) is 0 Å². The van der Waals surface area contributed by atoms with E-state index in [9.17, 15) is 9.90 Å². The molecule has 1 atom stereocenters. The van der Waals surface area contributed by atoms with E-state index >= 15 is 0 Å². The van der Waals surface area contributed by atoms with Crippen molar-refractivity contribution in [1.29, 1.82) is 0 Å². The van der Waals surface area contributed by atoms with Gasteiger partial charge in [0.25, 0.3) is 0 Å². The Morgan fingerprint density at radius 3 is 2.52 bits per heavy atom. The number of hydrogen-bond donors (Lipinski definition) is 2. The first kappa shape index (κ1) is 20.2. The van der Waals surface area contributed by atoms with Crippen LogP contribution in [0, 0.1) is 5.92 Å². The number of hydrogen-bond acceptors (Lipinski definition) is 4. The van der Waals surface area contributed by atoms with Crippen LogP contribution in [0.3, 0.4) is 0 Å². The lowest BCUT2D eigenvalue weighted by Crippen LogP contribution is -2.51. The van der Waals surface area contributed by atoms with Gasteiger partial charge in [-0.05, 0) is 83.3 Å². The molecule has 0 saturated carbocycles. The first-order chi connectivity index (χ1) is 13.0. The summed E-state index contributed by atoms with van der Waals surface area (Å²) in [7, 11) is 0. The lowest BCUT2D eigenvalue weighted by Gasteiger charge is -2.43. The van der Waals surface area contributed by atoms with Crippen molar-refractivity contribution < 1.29 is 9.90 Å². The maximum atomic E-state index is 12.6. The van der Waals surface area contributed by atoms with Crippen molar-refractivity contribution in [3.63, 3.8) is 0 Å². The number of phenolic OH excluding ortho intramolecular Hbond substituents is 1. The summed E-state index contributed by atoms with van der Waals surface area (Å²) in [6, 6.07) is 8.49. The molecule has 0 bridgehead atoms. The zero-order valence-electron chi connectivity index (χ0n) is 16.9. The molecule has 2 saturated heterocycles. The van der Waals surface area contributed by atoms with E-state index in [1.165, 1.54) is 25.9 Å². The predicted molar refractivity (Wildman–Crippen MR) is 109 cm³/mol. The molecule has 5 heteroatoms. The molecular formula is C22H35N3O2. The van der Waals surface area contributed by atoms with Gasteiger partial charge in [0.2, 0.25) is 5.91 Å². The fourth-order valence-corrected chi connectivity index (χ4v) is 4.46. The van der Waals surface area contributed by atoms with Gasteiger partial charge >= 0.3 is 0 Å². The Kier molecular flexibility index (Phi) is 7.13. The molecule has 2 fully saturated rings. The smallest absolute Gasteiger partial charge is 0.224 e. The highest BCUT2D eigenvalue weighted by Crippen LogP contribution is 2.24. The van der Waals surface area contributed by atoms with Gasteiger partial charge in [0.1, 0.15) is 5.75 Å². The third kappa shape index (κ3) is 5.69. The van der Waals surface area contributed by atoms with Crippen LogP contribution in [0.15, 0.2) is 24.3 Å². The molecule has 3 rings (SSSR count). The summed E-state index contributed by atoms with van der Waals surface area (Å²) in [5.41, 5.74) is 1.13. The first-order valence-electron chi connectivity index (χ1n) is 10.6. The number of carbonyl (C=O) groups is 1. The van der Waals surface area contributed by atoms with Gasteiger partial charge in [0.05, 0.1) is 5.92 Å². The van der Waals surface area contributed by atoms with E-state index in [2.05, 4.69) is 29.0 Å². The molecule has 0 spiro atoms. The Morgan fingerprint density at radius 2 is 1.85 bits per heavy atom. The minimum atomic E-state index is 0.127. The van der Waals surface area contributed by atoms with E-state index in [-0.39, 0.29) is 17.6 Å². The fraction of sp³-hybridized carbons (Fsp3) is 0.682. The van der Waals surface area contributed by atoms with Gasteiger partial charge in [-0.2, -0.15) is 0 Å². The second-order valence-corrected chi connectivity index (χ2v) is 8.40. The Hall–Kier alpha value is -1.59. The molecule has 1 unspecified atom stereocenters. The van der Waals surface area contributed by atoms with Crippen LogP contribution in [0.2, 0.25) is 0 Å². The molecule has 27 heavy (non-hydrogen) atoms. The molecule has 0 radical (unpaired) electrons. The van der Waals surface area contributed by atoms with E-state index in [1.807, 2.05) is 12.1 Å². The fourth-order valence-electron chi connectivity index (χ4n) is 4.46.